The molecule has 0 fully saturated rings. The van der Waals surface area contributed by atoms with E-state index in [-0.39, 0.29) is 11.5 Å². The van der Waals surface area contributed by atoms with Crippen molar-refractivity contribution in [1.82, 2.24) is 9.36 Å². The van der Waals surface area contributed by atoms with Crippen molar-refractivity contribution in [3.05, 3.63) is 27.8 Å². The van der Waals surface area contributed by atoms with E-state index in [9.17, 15) is 9.59 Å². The maximum atomic E-state index is 12.0. The van der Waals surface area contributed by atoms with Gasteiger partial charge < -0.3 is 5.11 Å². The largest absolute Gasteiger partial charge is 0.478 e. The van der Waals surface area contributed by atoms with Crippen LogP contribution in [0.3, 0.4) is 0 Å². The molecule has 6 nitrogen and oxygen atoms in total. The van der Waals surface area contributed by atoms with Gasteiger partial charge >= 0.3 is 5.97 Å². The molecule has 0 aliphatic heterocycles. The number of amides is 1. The third kappa shape index (κ3) is 2.12. The number of thiazole rings is 1. The van der Waals surface area contributed by atoms with Gasteiger partial charge in [-0.15, -0.1) is 11.3 Å². The number of carboxylic acids is 1. The first kappa shape index (κ1) is 12.7. The molecule has 0 radical (unpaired) electrons. The molecule has 0 unspecified atom stereocenters. The van der Waals surface area contributed by atoms with Crippen LogP contribution in [0.15, 0.2) is 10.9 Å². The van der Waals surface area contributed by atoms with Gasteiger partial charge in [0.2, 0.25) is 0 Å². The van der Waals surface area contributed by atoms with Crippen LogP contribution >= 0.6 is 22.9 Å². The molecule has 0 saturated carbocycles. The summed E-state index contributed by atoms with van der Waals surface area (Å²) in [4.78, 5) is 28.4. The van der Waals surface area contributed by atoms with Crippen molar-refractivity contribution in [3.8, 4) is 0 Å². The van der Waals surface area contributed by atoms with Crippen LogP contribution in [0.1, 0.15) is 26.5 Å². The Morgan fingerprint density at radius 1 is 1.44 bits per heavy atom. The van der Waals surface area contributed by atoms with Crippen LogP contribution < -0.4 is 4.90 Å². The Hall–Kier alpha value is -1.80. The Labute approximate surface area is 111 Å². The lowest BCUT2D eigenvalue weighted by Gasteiger charge is -2.14. The predicted octanol–water partition coefficient (Wildman–Crippen LogP) is 1.88. The highest BCUT2D eigenvalue weighted by molar-refractivity contribution is 7.11. The molecule has 0 aliphatic rings. The lowest BCUT2D eigenvalue weighted by Crippen LogP contribution is -2.27. The van der Waals surface area contributed by atoms with Crippen molar-refractivity contribution in [2.75, 3.05) is 11.9 Å². The van der Waals surface area contributed by atoms with Gasteiger partial charge in [-0.05, 0) is 18.5 Å². The molecular weight excluding hydrogens is 274 g/mol. The smallest absolute Gasteiger partial charge is 0.340 e. The van der Waals surface area contributed by atoms with Crippen LogP contribution in [-0.2, 0) is 0 Å². The third-order valence-electron chi connectivity index (χ3n) is 2.32. The number of carbonyl (C=O) groups is 2. The van der Waals surface area contributed by atoms with E-state index in [4.69, 9.17) is 5.11 Å². The summed E-state index contributed by atoms with van der Waals surface area (Å²) in [5, 5.41) is 11.0. The van der Waals surface area contributed by atoms with Crippen molar-refractivity contribution < 1.29 is 14.7 Å². The van der Waals surface area contributed by atoms with Crippen LogP contribution in [0.25, 0.3) is 0 Å². The fourth-order valence-electron chi connectivity index (χ4n) is 1.42. The lowest BCUT2D eigenvalue weighted by molar-refractivity contribution is 0.0697. The van der Waals surface area contributed by atoms with Crippen molar-refractivity contribution in [3.63, 3.8) is 0 Å². The molecule has 18 heavy (non-hydrogen) atoms. The van der Waals surface area contributed by atoms with Crippen LogP contribution in [0, 0.1) is 6.92 Å². The highest BCUT2D eigenvalue weighted by atomic mass is 32.1. The van der Waals surface area contributed by atoms with Crippen LogP contribution in [-0.4, -0.2) is 33.4 Å². The van der Waals surface area contributed by atoms with Crippen LogP contribution in [0.2, 0.25) is 0 Å². The molecule has 1 amide bonds. The SMILES string of the molecule is Cc1nsc(N(C)C(=O)c2cscn2)c1C(=O)O. The highest BCUT2D eigenvalue weighted by Gasteiger charge is 2.25. The average molecular weight is 283 g/mol. The number of carboxylic acid groups (broad SMARTS) is 1. The molecule has 0 saturated heterocycles. The van der Waals surface area contributed by atoms with Crippen LogP contribution in [0.4, 0.5) is 5.00 Å². The Balaban J connectivity index is 2.38. The molecule has 1 N–H and O–H groups in total. The fraction of sp³-hybridized carbons (Fsp3) is 0.200. The molecule has 2 rings (SSSR count). The number of nitrogens with zero attached hydrogens (tertiary/aromatic N) is 3. The van der Waals surface area contributed by atoms with Crippen molar-refractivity contribution in [1.29, 1.82) is 0 Å². The Morgan fingerprint density at radius 2 is 2.17 bits per heavy atom. The zero-order valence-corrected chi connectivity index (χ0v) is 11.2. The Morgan fingerprint density at radius 3 is 2.72 bits per heavy atom. The van der Waals surface area contributed by atoms with Gasteiger partial charge in [0.05, 0.1) is 11.2 Å². The van der Waals surface area contributed by atoms with E-state index in [2.05, 4.69) is 9.36 Å². The van der Waals surface area contributed by atoms with Gasteiger partial charge in [0.15, 0.2) is 0 Å². The normalized spacial score (nSPS) is 10.3. The van der Waals surface area contributed by atoms with E-state index >= 15 is 0 Å². The van der Waals surface area contributed by atoms with E-state index < -0.39 is 5.97 Å². The summed E-state index contributed by atoms with van der Waals surface area (Å²) in [5.41, 5.74) is 2.31. The molecule has 2 aromatic heterocycles. The molecule has 0 atom stereocenters. The highest BCUT2D eigenvalue weighted by Crippen LogP contribution is 2.28. The number of rotatable bonds is 3. The lowest BCUT2D eigenvalue weighted by atomic mass is 10.2. The van der Waals surface area contributed by atoms with E-state index in [0.717, 1.165) is 11.5 Å². The molecule has 0 spiro atoms. The maximum Gasteiger partial charge on any atom is 0.340 e. The molecule has 0 aromatic carbocycles. The molecular formula is C10H9N3O3S2. The second kappa shape index (κ2) is 4.83. The first-order valence-electron chi connectivity index (χ1n) is 4.88. The number of aromatic carboxylic acids is 1. The van der Waals surface area contributed by atoms with Gasteiger partial charge in [-0.2, -0.15) is 4.37 Å². The minimum absolute atomic E-state index is 0.0612. The van der Waals surface area contributed by atoms with Crippen molar-refractivity contribution in [2.45, 2.75) is 6.92 Å². The monoisotopic (exact) mass is 283 g/mol. The van der Waals surface area contributed by atoms with Gasteiger partial charge in [-0.25, -0.2) is 9.78 Å². The molecule has 8 heteroatoms. The number of aryl methyl sites for hydroxylation is 1. The minimum Gasteiger partial charge on any atom is -0.478 e. The summed E-state index contributed by atoms with van der Waals surface area (Å²) < 4.78 is 3.97. The van der Waals surface area contributed by atoms with E-state index in [1.807, 2.05) is 0 Å². The molecule has 0 aliphatic carbocycles. The number of carbonyl (C=O) groups excluding carboxylic acids is 1. The van der Waals surface area contributed by atoms with Gasteiger partial charge in [-0.3, -0.25) is 9.69 Å². The molecule has 94 valence electrons. The van der Waals surface area contributed by atoms with E-state index in [1.54, 1.807) is 17.8 Å². The summed E-state index contributed by atoms with van der Waals surface area (Å²) in [6.45, 7) is 1.60. The summed E-state index contributed by atoms with van der Waals surface area (Å²) in [5.74, 6) is -1.43. The molecule has 2 heterocycles. The molecule has 2 aromatic rings. The number of hydrogen-bond donors (Lipinski definition) is 1. The van der Waals surface area contributed by atoms with E-state index in [1.165, 1.54) is 23.3 Å². The summed E-state index contributed by atoms with van der Waals surface area (Å²) in [7, 11) is 1.51. The fourth-order valence-corrected chi connectivity index (χ4v) is 2.79. The van der Waals surface area contributed by atoms with Gasteiger partial charge in [0, 0.05) is 12.4 Å². The van der Waals surface area contributed by atoms with Crippen molar-refractivity contribution in [2.24, 2.45) is 0 Å². The Kier molecular flexibility index (Phi) is 3.39. The first-order chi connectivity index (χ1) is 8.52. The zero-order valence-electron chi connectivity index (χ0n) is 9.58. The number of aromatic nitrogens is 2. The number of anilines is 1. The minimum atomic E-state index is -1.09. The first-order valence-corrected chi connectivity index (χ1v) is 6.59. The van der Waals surface area contributed by atoms with Crippen molar-refractivity contribution >= 4 is 39.7 Å². The zero-order chi connectivity index (χ0) is 13.3. The summed E-state index contributed by atoms with van der Waals surface area (Å²) >= 11 is 2.30. The summed E-state index contributed by atoms with van der Waals surface area (Å²) in [6, 6.07) is 0. The third-order valence-corrected chi connectivity index (χ3v) is 3.92. The topological polar surface area (TPSA) is 83.4 Å². The quantitative estimate of drug-likeness (QED) is 0.929. The molecule has 0 bridgehead atoms. The van der Waals surface area contributed by atoms with Crippen LogP contribution in [0.5, 0.6) is 0 Å². The standard InChI is InChI=1S/C10H9N3O3S2/c1-5-7(10(15)16)9(18-12-5)13(2)8(14)6-3-17-4-11-6/h3-4H,1-2H3,(H,15,16). The average Bonchev–Trinajstić information content (AvgIpc) is 2.95. The predicted molar refractivity (Wildman–Crippen MR) is 68.7 cm³/mol. The van der Waals surface area contributed by atoms with Gasteiger partial charge in [0.1, 0.15) is 16.3 Å². The number of hydrogen-bond acceptors (Lipinski definition) is 6. The Bertz CT molecular complexity index is 592. The van der Waals surface area contributed by atoms with E-state index in [0.29, 0.717) is 16.4 Å². The second-order valence-corrected chi connectivity index (χ2v) is 4.96. The second-order valence-electron chi connectivity index (χ2n) is 3.49. The maximum absolute atomic E-state index is 12.0. The van der Waals surface area contributed by atoms with Gasteiger partial charge in [-0.1, -0.05) is 0 Å². The van der Waals surface area contributed by atoms with Gasteiger partial charge in [0.25, 0.3) is 5.91 Å². The summed E-state index contributed by atoms with van der Waals surface area (Å²) in [6.07, 6.45) is 0.